The highest BCUT2D eigenvalue weighted by Crippen LogP contribution is 2.05. The van der Waals surface area contributed by atoms with E-state index in [-0.39, 0.29) is 25.6 Å². The molecule has 8 heteroatoms. The zero-order valence-corrected chi connectivity index (χ0v) is 9.43. The predicted molar refractivity (Wildman–Crippen MR) is 56.4 cm³/mol. The minimum absolute atomic E-state index is 0.0189. The molecule has 8 nitrogen and oxygen atoms in total. The zero-order chi connectivity index (χ0) is 12.8. The summed E-state index contributed by atoms with van der Waals surface area (Å²) in [6.07, 6.45) is -1.01. The fourth-order valence-corrected chi connectivity index (χ4v) is 1.34. The Bertz CT molecular complexity index is 320. The molecule has 0 radical (unpaired) electrons. The summed E-state index contributed by atoms with van der Waals surface area (Å²) >= 11 is 0. The highest BCUT2D eigenvalue weighted by atomic mass is 16.5. The number of hydrogen-bond acceptors (Lipinski definition) is 4. The normalized spacial score (nSPS) is 19.6. The summed E-state index contributed by atoms with van der Waals surface area (Å²) in [4.78, 5) is 34.5. The molecule has 1 rings (SSSR count). The molecule has 0 aromatic heterocycles. The molecular weight excluding hydrogens is 230 g/mol. The second-order valence-electron chi connectivity index (χ2n) is 3.48. The molecule has 1 fully saturated rings. The van der Waals surface area contributed by atoms with Crippen molar-refractivity contribution in [2.75, 3.05) is 33.3 Å². The molecule has 0 spiro atoms. The van der Waals surface area contributed by atoms with Crippen molar-refractivity contribution in [2.24, 2.45) is 0 Å². The van der Waals surface area contributed by atoms with Gasteiger partial charge in [-0.15, -0.1) is 0 Å². The van der Waals surface area contributed by atoms with E-state index >= 15 is 0 Å². The topological polar surface area (TPSA) is 108 Å². The zero-order valence-electron chi connectivity index (χ0n) is 9.43. The van der Waals surface area contributed by atoms with Crippen molar-refractivity contribution in [3.63, 3.8) is 0 Å². The van der Waals surface area contributed by atoms with Crippen molar-refractivity contribution < 1.29 is 24.2 Å². The van der Waals surface area contributed by atoms with Crippen LogP contribution in [0.1, 0.15) is 0 Å². The van der Waals surface area contributed by atoms with Crippen LogP contribution >= 0.6 is 0 Å². The third-order valence-corrected chi connectivity index (χ3v) is 2.31. The second kappa shape index (κ2) is 6.04. The number of morpholine rings is 1. The molecular formula is C9H15N3O5. The maximum atomic E-state index is 11.6. The van der Waals surface area contributed by atoms with E-state index < -0.39 is 18.1 Å². The molecule has 0 aliphatic carbocycles. The summed E-state index contributed by atoms with van der Waals surface area (Å²) in [7, 11) is 1.46. The van der Waals surface area contributed by atoms with Gasteiger partial charge >= 0.3 is 12.0 Å². The van der Waals surface area contributed by atoms with E-state index in [1.54, 1.807) is 0 Å². The molecule has 17 heavy (non-hydrogen) atoms. The van der Waals surface area contributed by atoms with E-state index in [2.05, 4.69) is 10.6 Å². The first-order valence-corrected chi connectivity index (χ1v) is 5.12. The molecule has 1 atom stereocenters. The van der Waals surface area contributed by atoms with Crippen LogP contribution in [-0.2, 0) is 14.3 Å². The van der Waals surface area contributed by atoms with Gasteiger partial charge in [0.25, 0.3) is 0 Å². The summed E-state index contributed by atoms with van der Waals surface area (Å²) in [5.41, 5.74) is 0. The lowest BCUT2D eigenvalue weighted by Crippen LogP contribution is -2.52. The summed E-state index contributed by atoms with van der Waals surface area (Å²) in [6.45, 7) is 0.326. The molecule has 1 aliphatic rings. The Morgan fingerprint density at radius 1 is 1.47 bits per heavy atom. The number of hydrogen-bond donors (Lipinski definition) is 3. The van der Waals surface area contributed by atoms with Gasteiger partial charge in [-0.25, -0.2) is 9.59 Å². The molecule has 3 N–H and O–H groups in total. The van der Waals surface area contributed by atoms with Crippen molar-refractivity contribution in [1.82, 2.24) is 15.5 Å². The van der Waals surface area contributed by atoms with E-state index in [1.807, 2.05) is 0 Å². The monoisotopic (exact) mass is 245 g/mol. The van der Waals surface area contributed by atoms with Gasteiger partial charge in [0.1, 0.15) is 0 Å². The summed E-state index contributed by atoms with van der Waals surface area (Å²) in [5.74, 6) is -1.42. The molecule has 0 bridgehead atoms. The van der Waals surface area contributed by atoms with Crippen molar-refractivity contribution in [1.29, 1.82) is 0 Å². The first kappa shape index (κ1) is 13.2. The van der Waals surface area contributed by atoms with Gasteiger partial charge in [-0.3, -0.25) is 4.79 Å². The van der Waals surface area contributed by atoms with Gasteiger partial charge in [-0.05, 0) is 0 Å². The second-order valence-corrected chi connectivity index (χ2v) is 3.48. The van der Waals surface area contributed by atoms with Crippen LogP contribution in [0.15, 0.2) is 0 Å². The van der Waals surface area contributed by atoms with Gasteiger partial charge in [-0.1, -0.05) is 0 Å². The number of nitrogens with one attached hydrogen (secondary N) is 2. The van der Waals surface area contributed by atoms with Crippen LogP contribution in [0.5, 0.6) is 0 Å². The molecule has 0 aromatic carbocycles. The van der Waals surface area contributed by atoms with Gasteiger partial charge < -0.3 is 25.4 Å². The van der Waals surface area contributed by atoms with Crippen LogP contribution < -0.4 is 10.6 Å². The molecule has 1 aliphatic heterocycles. The standard InChI is InChI=1S/C9H15N3O5/c1-10-7(13)4-11-9(16)12-2-3-17-6(5-12)8(14)15/h6H,2-5H2,1H3,(H,10,13)(H,11,16)(H,14,15). The number of likely N-dealkylation sites (N-methyl/N-ethyl adjacent to an activating group) is 1. The number of carboxylic acids is 1. The summed E-state index contributed by atoms with van der Waals surface area (Å²) in [5, 5.41) is 13.5. The largest absolute Gasteiger partial charge is 0.479 e. The minimum atomic E-state index is -1.10. The highest BCUT2D eigenvalue weighted by molar-refractivity contribution is 5.84. The van der Waals surface area contributed by atoms with Crippen LogP contribution in [0.25, 0.3) is 0 Å². The Morgan fingerprint density at radius 3 is 2.76 bits per heavy atom. The summed E-state index contributed by atoms with van der Waals surface area (Å²) < 4.78 is 4.97. The Kier molecular flexibility index (Phi) is 4.70. The van der Waals surface area contributed by atoms with E-state index in [4.69, 9.17) is 9.84 Å². The van der Waals surface area contributed by atoms with Crippen molar-refractivity contribution >= 4 is 17.9 Å². The number of aliphatic carboxylic acids is 1. The van der Waals surface area contributed by atoms with Gasteiger partial charge in [-0.2, -0.15) is 0 Å². The number of carbonyl (C=O) groups excluding carboxylic acids is 2. The third-order valence-electron chi connectivity index (χ3n) is 2.31. The van der Waals surface area contributed by atoms with Crippen LogP contribution in [-0.4, -0.2) is 67.3 Å². The van der Waals surface area contributed by atoms with Crippen LogP contribution in [0.3, 0.4) is 0 Å². The first-order valence-electron chi connectivity index (χ1n) is 5.12. The Hall–Kier alpha value is -1.83. The lowest BCUT2D eigenvalue weighted by atomic mass is 10.3. The molecule has 96 valence electrons. The Balaban J connectivity index is 2.41. The third kappa shape index (κ3) is 3.91. The SMILES string of the molecule is CNC(=O)CNC(=O)N1CCOC(C(=O)O)C1. The van der Waals surface area contributed by atoms with Crippen LogP contribution in [0.4, 0.5) is 4.79 Å². The number of ether oxygens (including phenoxy) is 1. The molecule has 1 saturated heterocycles. The number of nitrogens with zero attached hydrogens (tertiary/aromatic N) is 1. The van der Waals surface area contributed by atoms with E-state index in [0.717, 1.165) is 0 Å². The number of urea groups is 1. The fraction of sp³-hybridized carbons (Fsp3) is 0.667. The average molecular weight is 245 g/mol. The van der Waals surface area contributed by atoms with E-state index in [9.17, 15) is 14.4 Å². The molecule has 3 amide bonds. The van der Waals surface area contributed by atoms with Gasteiger partial charge in [0.05, 0.1) is 19.7 Å². The van der Waals surface area contributed by atoms with Gasteiger partial charge in [0, 0.05) is 13.6 Å². The summed E-state index contributed by atoms with van der Waals surface area (Å²) in [6, 6.07) is -0.469. The lowest BCUT2D eigenvalue weighted by molar-refractivity contribution is -0.154. The number of rotatable bonds is 3. The Morgan fingerprint density at radius 2 is 2.18 bits per heavy atom. The fourth-order valence-electron chi connectivity index (χ4n) is 1.34. The lowest BCUT2D eigenvalue weighted by Gasteiger charge is -2.30. The number of amides is 3. The maximum absolute atomic E-state index is 11.6. The molecule has 1 heterocycles. The van der Waals surface area contributed by atoms with Crippen molar-refractivity contribution in [3.05, 3.63) is 0 Å². The van der Waals surface area contributed by atoms with Crippen molar-refractivity contribution in [2.45, 2.75) is 6.10 Å². The Labute approximate surface area is 97.9 Å². The predicted octanol–water partition coefficient (Wildman–Crippen LogP) is -1.77. The minimum Gasteiger partial charge on any atom is -0.479 e. The first-order chi connectivity index (χ1) is 8.04. The van der Waals surface area contributed by atoms with Gasteiger partial charge in [0.15, 0.2) is 6.10 Å². The van der Waals surface area contributed by atoms with Gasteiger partial charge in [0.2, 0.25) is 5.91 Å². The maximum Gasteiger partial charge on any atom is 0.334 e. The smallest absolute Gasteiger partial charge is 0.334 e. The van der Waals surface area contributed by atoms with Crippen molar-refractivity contribution in [3.8, 4) is 0 Å². The number of carboxylic acid groups (broad SMARTS) is 1. The quantitative estimate of drug-likeness (QED) is 0.545. The highest BCUT2D eigenvalue weighted by Gasteiger charge is 2.28. The van der Waals surface area contributed by atoms with Crippen LogP contribution in [0.2, 0.25) is 0 Å². The van der Waals surface area contributed by atoms with E-state index in [1.165, 1.54) is 11.9 Å². The molecule has 1 unspecified atom stereocenters. The number of carbonyl (C=O) groups is 3. The van der Waals surface area contributed by atoms with E-state index in [0.29, 0.717) is 6.54 Å². The average Bonchev–Trinajstić information content (AvgIpc) is 2.35. The molecule has 0 saturated carbocycles. The van der Waals surface area contributed by atoms with Crippen LogP contribution in [0, 0.1) is 0 Å². The molecule has 0 aromatic rings.